The minimum absolute atomic E-state index is 0.138. The third-order valence-corrected chi connectivity index (χ3v) is 3.25. The van der Waals surface area contributed by atoms with Gasteiger partial charge in [-0.25, -0.2) is 0 Å². The van der Waals surface area contributed by atoms with Crippen molar-refractivity contribution in [2.45, 2.75) is 52.1 Å². The van der Waals surface area contributed by atoms with E-state index in [1.807, 2.05) is 4.90 Å². The van der Waals surface area contributed by atoms with Crippen LogP contribution >= 0.6 is 0 Å². The highest BCUT2D eigenvalue weighted by Gasteiger charge is 2.21. The molecule has 0 aliphatic carbocycles. The fourth-order valence-electron chi connectivity index (χ4n) is 2.33. The first-order chi connectivity index (χ1) is 8.63. The second-order valence-corrected chi connectivity index (χ2v) is 5.57. The number of nitrogens with zero attached hydrogens (tertiary/aromatic N) is 1. The maximum atomic E-state index is 12.3. The Morgan fingerprint density at radius 3 is 2.78 bits per heavy atom. The number of hydrogen-bond acceptors (Lipinski definition) is 3. The van der Waals surface area contributed by atoms with Crippen LogP contribution in [0.2, 0.25) is 0 Å². The standard InChI is InChI=1S/C14H28N2O2/c1-12(2)11-16(8-5-7-15)14(17)10-13-6-3-4-9-18-13/h12-13H,3-11,15H2,1-2H3. The lowest BCUT2D eigenvalue weighted by atomic mass is 10.1. The Hall–Kier alpha value is -0.610. The molecule has 1 fully saturated rings. The summed E-state index contributed by atoms with van der Waals surface area (Å²) in [5.41, 5.74) is 5.53. The van der Waals surface area contributed by atoms with Crippen molar-refractivity contribution >= 4 is 5.91 Å². The van der Waals surface area contributed by atoms with Gasteiger partial charge in [0.15, 0.2) is 0 Å². The van der Waals surface area contributed by atoms with Gasteiger partial charge in [0, 0.05) is 19.7 Å². The maximum Gasteiger partial charge on any atom is 0.225 e. The number of rotatable bonds is 7. The van der Waals surface area contributed by atoms with Crippen LogP contribution in [0.5, 0.6) is 0 Å². The fraction of sp³-hybridized carbons (Fsp3) is 0.929. The molecule has 106 valence electrons. The molecule has 1 saturated heterocycles. The van der Waals surface area contributed by atoms with E-state index in [4.69, 9.17) is 10.5 Å². The molecule has 0 aromatic rings. The highest BCUT2D eigenvalue weighted by molar-refractivity contribution is 5.76. The van der Waals surface area contributed by atoms with Crippen LogP contribution in [0.4, 0.5) is 0 Å². The Balaban J connectivity index is 2.40. The number of amides is 1. The smallest absolute Gasteiger partial charge is 0.225 e. The molecule has 0 bridgehead atoms. The molecule has 1 rings (SSSR count). The number of carbonyl (C=O) groups is 1. The van der Waals surface area contributed by atoms with Crippen LogP contribution in [-0.4, -0.2) is 43.2 Å². The molecule has 4 heteroatoms. The van der Waals surface area contributed by atoms with Gasteiger partial charge >= 0.3 is 0 Å². The number of hydrogen-bond donors (Lipinski definition) is 1. The van der Waals surface area contributed by atoms with Crippen molar-refractivity contribution in [2.75, 3.05) is 26.2 Å². The SMILES string of the molecule is CC(C)CN(CCCN)C(=O)CC1CCCCO1. The Labute approximate surface area is 111 Å². The van der Waals surface area contributed by atoms with E-state index < -0.39 is 0 Å². The number of carbonyl (C=O) groups excluding carboxylic acids is 1. The van der Waals surface area contributed by atoms with E-state index in [0.717, 1.165) is 39.0 Å². The molecule has 1 heterocycles. The second-order valence-electron chi connectivity index (χ2n) is 5.57. The summed E-state index contributed by atoms with van der Waals surface area (Å²) in [6.07, 6.45) is 4.90. The molecule has 0 spiro atoms. The van der Waals surface area contributed by atoms with E-state index in [-0.39, 0.29) is 12.0 Å². The summed E-state index contributed by atoms with van der Waals surface area (Å²) in [5, 5.41) is 0. The van der Waals surface area contributed by atoms with Crippen molar-refractivity contribution in [3.63, 3.8) is 0 Å². The van der Waals surface area contributed by atoms with Gasteiger partial charge in [-0.15, -0.1) is 0 Å². The van der Waals surface area contributed by atoms with Crippen LogP contribution in [0.15, 0.2) is 0 Å². The topological polar surface area (TPSA) is 55.6 Å². The minimum atomic E-state index is 0.138. The third kappa shape index (κ3) is 5.83. The van der Waals surface area contributed by atoms with Gasteiger partial charge in [0.25, 0.3) is 0 Å². The lowest BCUT2D eigenvalue weighted by molar-refractivity contribution is -0.135. The molecule has 1 aliphatic heterocycles. The summed E-state index contributed by atoms with van der Waals surface area (Å²) >= 11 is 0. The second kappa shape index (κ2) is 8.48. The predicted octanol–water partition coefficient (Wildman–Crippen LogP) is 1.78. The van der Waals surface area contributed by atoms with E-state index in [2.05, 4.69) is 13.8 Å². The van der Waals surface area contributed by atoms with Crippen LogP contribution in [0.25, 0.3) is 0 Å². The van der Waals surface area contributed by atoms with E-state index in [1.165, 1.54) is 6.42 Å². The summed E-state index contributed by atoms with van der Waals surface area (Å²) < 4.78 is 5.64. The van der Waals surface area contributed by atoms with Crippen LogP contribution < -0.4 is 5.73 Å². The lowest BCUT2D eigenvalue weighted by Crippen LogP contribution is -2.38. The van der Waals surface area contributed by atoms with Gasteiger partial charge in [0.1, 0.15) is 0 Å². The summed E-state index contributed by atoms with van der Waals surface area (Å²) in [6.45, 7) is 7.33. The normalized spacial score (nSPS) is 20.1. The third-order valence-electron chi connectivity index (χ3n) is 3.25. The van der Waals surface area contributed by atoms with Gasteiger partial charge in [0.05, 0.1) is 12.5 Å². The zero-order valence-corrected chi connectivity index (χ0v) is 11.9. The molecule has 0 saturated carbocycles. The Bertz CT molecular complexity index is 238. The van der Waals surface area contributed by atoms with Crippen molar-refractivity contribution in [1.29, 1.82) is 0 Å². The molecule has 0 aromatic carbocycles. The summed E-state index contributed by atoms with van der Waals surface area (Å²) in [5.74, 6) is 0.725. The average molecular weight is 256 g/mol. The molecule has 0 radical (unpaired) electrons. The van der Waals surface area contributed by atoms with E-state index >= 15 is 0 Å². The Kier molecular flexibility index (Phi) is 7.28. The molecule has 1 aliphatic rings. The minimum Gasteiger partial charge on any atom is -0.378 e. The van der Waals surface area contributed by atoms with Gasteiger partial charge < -0.3 is 15.4 Å². The van der Waals surface area contributed by atoms with Crippen molar-refractivity contribution < 1.29 is 9.53 Å². The molecule has 1 unspecified atom stereocenters. The molecular weight excluding hydrogens is 228 g/mol. The van der Waals surface area contributed by atoms with E-state index in [0.29, 0.717) is 18.9 Å². The van der Waals surface area contributed by atoms with Crippen LogP contribution in [0, 0.1) is 5.92 Å². The highest BCUT2D eigenvalue weighted by Crippen LogP contribution is 2.17. The van der Waals surface area contributed by atoms with Gasteiger partial charge in [-0.2, -0.15) is 0 Å². The van der Waals surface area contributed by atoms with Crippen LogP contribution in [0.3, 0.4) is 0 Å². The van der Waals surface area contributed by atoms with Crippen LogP contribution in [-0.2, 0) is 9.53 Å². The molecular formula is C14H28N2O2. The molecule has 1 amide bonds. The Morgan fingerprint density at radius 1 is 1.44 bits per heavy atom. The van der Waals surface area contributed by atoms with Crippen molar-refractivity contribution in [2.24, 2.45) is 11.7 Å². The molecule has 18 heavy (non-hydrogen) atoms. The van der Waals surface area contributed by atoms with Gasteiger partial charge in [0.2, 0.25) is 5.91 Å². The zero-order chi connectivity index (χ0) is 13.4. The predicted molar refractivity (Wildman–Crippen MR) is 73.3 cm³/mol. The summed E-state index contributed by atoms with van der Waals surface area (Å²) in [4.78, 5) is 14.2. The first kappa shape index (κ1) is 15.4. The Morgan fingerprint density at radius 2 is 2.22 bits per heavy atom. The summed E-state index contributed by atoms with van der Waals surface area (Å²) in [6, 6.07) is 0. The molecule has 0 aromatic heterocycles. The zero-order valence-electron chi connectivity index (χ0n) is 11.9. The number of ether oxygens (including phenoxy) is 1. The lowest BCUT2D eigenvalue weighted by Gasteiger charge is -2.28. The van der Waals surface area contributed by atoms with Gasteiger partial charge in [-0.05, 0) is 38.1 Å². The van der Waals surface area contributed by atoms with Gasteiger partial charge in [-0.1, -0.05) is 13.8 Å². The first-order valence-electron chi connectivity index (χ1n) is 7.23. The van der Waals surface area contributed by atoms with E-state index in [9.17, 15) is 4.79 Å². The number of nitrogens with two attached hydrogens (primary N) is 1. The van der Waals surface area contributed by atoms with Crippen LogP contribution in [0.1, 0.15) is 46.0 Å². The largest absolute Gasteiger partial charge is 0.378 e. The summed E-state index contributed by atoms with van der Waals surface area (Å²) in [7, 11) is 0. The average Bonchev–Trinajstić information content (AvgIpc) is 2.35. The first-order valence-corrected chi connectivity index (χ1v) is 7.23. The molecule has 1 atom stereocenters. The van der Waals surface area contributed by atoms with Crippen molar-refractivity contribution in [3.8, 4) is 0 Å². The van der Waals surface area contributed by atoms with Gasteiger partial charge in [-0.3, -0.25) is 4.79 Å². The van der Waals surface area contributed by atoms with Crippen molar-refractivity contribution in [1.82, 2.24) is 4.90 Å². The maximum absolute atomic E-state index is 12.3. The molecule has 2 N–H and O–H groups in total. The quantitative estimate of drug-likeness (QED) is 0.755. The highest BCUT2D eigenvalue weighted by atomic mass is 16.5. The monoisotopic (exact) mass is 256 g/mol. The van der Waals surface area contributed by atoms with Crippen molar-refractivity contribution in [3.05, 3.63) is 0 Å². The molecule has 4 nitrogen and oxygen atoms in total. The fourth-order valence-corrected chi connectivity index (χ4v) is 2.33. The van der Waals surface area contributed by atoms with E-state index in [1.54, 1.807) is 0 Å².